The van der Waals surface area contributed by atoms with Crippen LogP contribution in [0.15, 0.2) is 54.6 Å². The normalized spacial score (nSPS) is 11.8. The molecule has 0 saturated carbocycles. The zero-order valence-corrected chi connectivity index (χ0v) is 13.1. The summed E-state index contributed by atoms with van der Waals surface area (Å²) in [4.78, 5) is 2.00. The third kappa shape index (κ3) is 3.50. The zero-order chi connectivity index (χ0) is 14.5. The molecule has 1 atom stereocenters. The van der Waals surface area contributed by atoms with Gasteiger partial charge in [-0.3, -0.25) is 0 Å². The van der Waals surface area contributed by atoms with Crippen LogP contribution in [0.4, 0.5) is 5.69 Å². The fraction of sp³-hybridized carbons (Fsp3) is 0.188. The Morgan fingerprint density at radius 3 is 2.35 bits per heavy atom. The molecule has 1 N–H and O–H groups in total. The summed E-state index contributed by atoms with van der Waals surface area (Å²) in [5, 5.41) is 4.65. The largest absolute Gasteiger partial charge is 0.345 e. The lowest BCUT2D eigenvalue weighted by Gasteiger charge is -2.28. The van der Waals surface area contributed by atoms with E-state index in [0.29, 0.717) is 5.11 Å². The van der Waals surface area contributed by atoms with E-state index in [4.69, 9.17) is 23.8 Å². The van der Waals surface area contributed by atoms with Crippen molar-refractivity contribution in [1.29, 1.82) is 0 Å². The molecule has 0 heterocycles. The van der Waals surface area contributed by atoms with Gasteiger partial charge in [0.15, 0.2) is 5.11 Å². The molecule has 0 aliphatic rings. The van der Waals surface area contributed by atoms with Gasteiger partial charge in [0.25, 0.3) is 0 Å². The number of hydrogen-bond acceptors (Lipinski definition) is 1. The van der Waals surface area contributed by atoms with Crippen molar-refractivity contribution in [3.8, 4) is 0 Å². The van der Waals surface area contributed by atoms with E-state index in [2.05, 4.69) is 12.2 Å². The average Bonchev–Trinajstić information content (AvgIpc) is 2.47. The Hall–Kier alpha value is -1.58. The number of rotatable bonds is 3. The standard InChI is InChI=1S/C16H17ClN2S/c1-12(14-10-6-7-11-15(14)17)19(2)16(20)18-13-8-4-3-5-9-13/h3-12H,1-2H3,(H,18,20). The third-order valence-electron chi connectivity index (χ3n) is 3.28. The zero-order valence-electron chi connectivity index (χ0n) is 11.5. The molecule has 0 fully saturated rings. The van der Waals surface area contributed by atoms with Crippen LogP contribution in [0.1, 0.15) is 18.5 Å². The Kier molecular flexibility index (Phi) is 4.99. The van der Waals surface area contributed by atoms with Crippen LogP contribution in [0.5, 0.6) is 0 Å². The van der Waals surface area contributed by atoms with Crippen molar-refractivity contribution in [3.63, 3.8) is 0 Å². The third-order valence-corrected chi connectivity index (χ3v) is 4.02. The van der Waals surface area contributed by atoms with Crippen LogP contribution >= 0.6 is 23.8 Å². The van der Waals surface area contributed by atoms with Gasteiger partial charge in [-0.05, 0) is 42.9 Å². The molecular weight excluding hydrogens is 288 g/mol. The van der Waals surface area contributed by atoms with Gasteiger partial charge in [0.2, 0.25) is 0 Å². The van der Waals surface area contributed by atoms with Gasteiger partial charge in [-0.2, -0.15) is 0 Å². The SMILES string of the molecule is CC(c1ccccc1Cl)N(C)C(=S)Nc1ccccc1. The van der Waals surface area contributed by atoms with Crippen molar-refractivity contribution in [2.24, 2.45) is 0 Å². The Bertz CT molecular complexity index is 586. The van der Waals surface area contributed by atoms with E-state index < -0.39 is 0 Å². The highest BCUT2D eigenvalue weighted by Gasteiger charge is 2.16. The topological polar surface area (TPSA) is 15.3 Å². The van der Waals surface area contributed by atoms with E-state index in [1.807, 2.05) is 66.5 Å². The maximum absolute atomic E-state index is 6.24. The number of benzene rings is 2. The molecule has 0 aliphatic carbocycles. The number of anilines is 1. The van der Waals surface area contributed by atoms with Gasteiger partial charge in [0.1, 0.15) is 0 Å². The summed E-state index contributed by atoms with van der Waals surface area (Å²) in [5.41, 5.74) is 2.05. The number of para-hydroxylation sites is 1. The monoisotopic (exact) mass is 304 g/mol. The van der Waals surface area contributed by atoms with E-state index in [-0.39, 0.29) is 6.04 Å². The second-order valence-corrected chi connectivity index (χ2v) is 5.40. The highest BCUT2D eigenvalue weighted by Crippen LogP contribution is 2.26. The van der Waals surface area contributed by atoms with Crippen LogP contribution in [-0.2, 0) is 0 Å². The minimum Gasteiger partial charge on any atom is -0.345 e. The molecule has 0 aromatic heterocycles. The summed E-state index contributed by atoms with van der Waals surface area (Å²) in [6, 6.07) is 17.8. The summed E-state index contributed by atoms with van der Waals surface area (Å²) in [5.74, 6) is 0. The minimum absolute atomic E-state index is 0.104. The van der Waals surface area contributed by atoms with Gasteiger partial charge < -0.3 is 10.2 Å². The van der Waals surface area contributed by atoms with Crippen molar-refractivity contribution in [3.05, 3.63) is 65.2 Å². The van der Waals surface area contributed by atoms with Gasteiger partial charge in [-0.1, -0.05) is 48.0 Å². The van der Waals surface area contributed by atoms with Crippen molar-refractivity contribution < 1.29 is 0 Å². The molecule has 2 aromatic carbocycles. The van der Waals surface area contributed by atoms with Crippen molar-refractivity contribution in [2.45, 2.75) is 13.0 Å². The molecule has 2 nitrogen and oxygen atoms in total. The van der Waals surface area contributed by atoms with Gasteiger partial charge in [-0.25, -0.2) is 0 Å². The van der Waals surface area contributed by atoms with Crippen LogP contribution < -0.4 is 5.32 Å². The lowest BCUT2D eigenvalue weighted by molar-refractivity contribution is 0.408. The summed E-state index contributed by atoms with van der Waals surface area (Å²) in [6.45, 7) is 2.08. The van der Waals surface area contributed by atoms with Crippen molar-refractivity contribution in [2.75, 3.05) is 12.4 Å². The molecule has 0 amide bonds. The Labute approximate surface area is 130 Å². The first-order valence-electron chi connectivity index (χ1n) is 6.43. The number of halogens is 1. The number of hydrogen-bond donors (Lipinski definition) is 1. The molecule has 4 heteroatoms. The maximum Gasteiger partial charge on any atom is 0.173 e. The molecule has 0 aliphatic heterocycles. The number of nitrogens with one attached hydrogen (secondary N) is 1. The van der Waals surface area contributed by atoms with Crippen LogP contribution in [0.2, 0.25) is 5.02 Å². The van der Waals surface area contributed by atoms with Gasteiger partial charge in [0.05, 0.1) is 6.04 Å². The van der Waals surface area contributed by atoms with Crippen LogP contribution in [0.3, 0.4) is 0 Å². The van der Waals surface area contributed by atoms with Crippen molar-refractivity contribution >= 4 is 34.6 Å². The first-order valence-corrected chi connectivity index (χ1v) is 7.21. The Morgan fingerprint density at radius 1 is 1.10 bits per heavy atom. The molecule has 0 spiro atoms. The fourth-order valence-electron chi connectivity index (χ4n) is 1.93. The molecular formula is C16H17ClN2S. The smallest absolute Gasteiger partial charge is 0.173 e. The van der Waals surface area contributed by atoms with Crippen molar-refractivity contribution in [1.82, 2.24) is 4.90 Å². The lowest BCUT2D eigenvalue weighted by atomic mass is 10.1. The predicted octanol–water partition coefficient (Wildman–Crippen LogP) is 4.73. The number of thiocarbonyl (C=S) groups is 1. The lowest BCUT2D eigenvalue weighted by Crippen LogP contribution is -2.33. The molecule has 2 rings (SSSR count). The predicted molar refractivity (Wildman–Crippen MR) is 90.3 cm³/mol. The number of nitrogens with zero attached hydrogens (tertiary/aromatic N) is 1. The molecule has 1 unspecified atom stereocenters. The molecule has 104 valence electrons. The van der Waals surface area contributed by atoms with Gasteiger partial charge >= 0.3 is 0 Å². The van der Waals surface area contributed by atoms with Gasteiger partial charge in [-0.15, -0.1) is 0 Å². The second-order valence-electron chi connectivity index (χ2n) is 4.60. The van der Waals surface area contributed by atoms with Gasteiger partial charge in [0, 0.05) is 17.8 Å². The Balaban J connectivity index is 2.09. The molecule has 2 aromatic rings. The van der Waals surface area contributed by atoms with E-state index in [1.54, 1.807) is 0 Å². The Morgan fingerprint density at radius 2 is 1.70 bits per heavy atom. The van der Waals surface area contributed by atoms with E-state index in [0.717, 1.165) is 16.3 Å². The summed E-state index contributed by atoms with van der Waals surface area (Å²) < 4.78 is 0. The van der Waals surface area contributed by atoms with E-state index in [1.165, 1.54) is 0 Å². The molecule has 0 bridgehead atoms. The maximum atomic E-state index is 6.24. The average molecular weight is 305 g/mol. The second kappa shape index (κ2) is 6.73. The summed E-state index contributed by atoms with van der Waals surface area (Å²) in [7, 11) is 1.96. The highest BCUT2D eigenvalue weighted by molar-refractivity contribution is 7.80. The van der Waals surface area contributed by atoms with E-state index >= 15 is 0 Å². The first kappa shape index (κ1) is 14.8. The van der Waals surface area contributed by atoms with E-state index in [9.17, 15) is 0 Å². The highest BCUT2D eigenvalue weighted by atomic mass is 35.5. The van der Waals surface area contributed by atoms with Crippen LogP contribution in [0, 0.1) is 0 Å². The molecule has 0 saturated heterocycles. The quantitative estimate of drug-likeness (QED) is 0.825. The van der Waals surface area contributed by atoms with Crippen LogP contribution in [0.25, 0.3) is 0 Å². The minimum atomic E-state index is 0.104. The summed E-state index contributed by atoms with van der Waals surface area (Å²) in [6.07, 6.45) is 0. The molecule has 0 radical (unpaired) electrons. The first-order chi connectivity index (χ1) is 9.59. The molecule has 20 heavy (non-hydrogen) atoms. The van der Waals surface area contributed by atoms with Crippen LogP contribution in [-0.4, -0.2) is 17.1 Å². The fourth-order valence-corrected chi connectivity index (χ4v) is 2.50. The summed E-state index contributed by atoms with van der Waals surface area (Å²) >= 11 is 11.7.